The van der Waals surface area contributed by atoms with Crippen molar-refractivity contribution in [3.63, 3.8) is 0 Å². The van der Waals surface area contributed by atoms with Crippen LogP contribution in [0.2, 0.25) is 0 Å². The average molecular weight is 258 g/mol. The van der Waals surface area contributed by atoms with Crippen molar-refractivity contribution < 1.29 is 9.53 Å². The Kier molecular flexibility index (Phi) is 4.49. The molecule has 0 spiro atoms. The lowest BCUT2D eigenvalue weighted by Crippen LogP contribution is -2.57. The van der Waals surface area contributed by atoms with Gasteiger partial charge in [-0.05, 0) is 27.2 Å². The Hall–Kier alpha value is -0.680. The van der Waals surface area contributed by atoms with Gasteiger partial charge in [0.05, 0.1) is 29.2 Å². The third kappa shape index (κ3) is 2.96. The highest BCUT2D eigenvalue weighted by Crippen LogP contribution is 2.24. The maximum atomic E-state index is 12.5. The summed E-state index contributed by atoms with van der Waals surface area (Å²) in [5.41, 5.74) is 4.87. The van der Waals surface area contributed by atoms with Crippen molar-refractivity contribution in [1.29, 1.82) is 0 Å². The monoisotopic (exact) mass is 258 g/mol. The molecule has 0 aromatic heterocycles. The van der Waals surface area contributed by atoms with Gasteiger partial charge in [0.1, 0.15) is 0 Å². The number of ether oxygens (including phenoxy) is 1. The number of rotatable bonds is 3. The molecule has 1 saturated heterocycles. The van der Waals surface area contributed by atoms with Crippen molar-refractivity contribution in [3.05, 3.63) is 0 Å². The van der Waals surface area contributed by atoms with Gasteiger partial charge in [-0.3, -0.25) is 4.79 Å². The molecule has 1 amide bonds. The Bertz CT molecular complexity index is 318. The van der Waals surface area contributed by atoms with Crippen LogP contribution in [-0.2, 0) is 9.53 Å². The lowest BCUT2D eigenvalue weighted by atomic mass is 9.90. The van der Waals surface area contributed by atoms with Crippen molar-refractivity contribution in [1.82, 2.24) is 4.90 Å². The van der Waals surface area contributed by atoms with E-state index in [0.29, 0.717) is 13.2 Å². The van der Waals surface area contributed by atoms with E-state index >= 15 is 0 Å². The predicted octanol–water partition coefficient (Wildman–Crippen LogP) is 1.32. The van der Waals surface area contributed by atoms with Gasteiger partial charge in [0.25, 0.3) is 0 Å². The summed E-state index contributed by atoms with van der Waals surface area (Å²) in [5, 5.41) is 0. The van der Waals surface area contributed by atoms with Crippen LogP contribution in [0, 0.1) is 5.41 Å². The second kappa shape index (κ2) is 5.31. The fourth-order valence-corrected chi connectivity index (χ4v) is 1.98. The van der Waals surface area contributed by atoms with Gasteiger partial charge in [0.2, 0.25) is 5.91 Å². The summed E-state index contributed by atoms with van der Waals surface area (Å²) in [5.74, 6) is 0.00648. The van der Waals surface area contributed by atoms with Crippen LogP contribution in [0.5, 0.6) is 0 Å². The van der Waals surface area contributed by atoms with Crippen molar-refractivity contribution in [2.24, 2.45) is 11.1 Å². The maximum Gasteiger partial charge on any atom is 0.235 e. The Morgan fingerprint density at radius 1 is 1.59 bits per heavy atom. The molecule has 2 unspecified atom stereocenters. The van der Waals surface area contributed by atoms with E-state index in [1.54, 1.807) is 13.8 Å². The molecule has 0 aromatic rings. The van der Waals surface area contributed by atoms with E-state index in [9.17, 15) is 4.79 Å². The van der Waals surface area contributed by atoms with E-state index in [1.807, 2.05) is 11.8 Å². The SMILES string of the molecule is CCC1COC(C)CN1C(=O)C(C)(C)C(N)=S. The van der Waals surface area contributed by atoms with Crippen LogP contribution in [0.1, 0.15) is 34.1 Å². The Balaban J connectivity index is 2.88. The molecule has 17 heavy (non-hydrogen) atoms. The van der Waals surface area contributed by atoms with E-state index in [0.717, 1.165) is 6.42 Å². The highest BCUT2D eigenvalue weighted by molar-refractivity contribution is 7.80. The fraction of sp³-hybridized carbons (Fsp3) is 0.833. The van der Waals surface area contributed by atoms with Gasteiger partial charge < -0.3 is 15.4 Å². The van der Waals surface area contributed by atoms with E-state index in [1.165, 1.54) is 0 Å². The third-order valence-electron chi connectivity index (χ3n) is 3.35. The lowest BCUT2D eigenvalue weighted by Gasteiger charge is -2.41. The van der Waals surface area contributed by atoms with Crippen molar-refractivity contribution in [2.75, 3.05) is 13.2 Å². The maximum absolute atomic E-state index is 12.5. The first-order chi connectivity index (χ1) is 7.80. The number of thiocarbonyl (C=S) groups is 1. The number of hydrogen-bond donors (Lipinski definition) is 1. The van der Waals surface area contributed by atoms with Gasteiger partial charge in [-0.15, -0.1) is 0 Å². The number of morpholine rings is 1. The first-order valence-corrected chi connectivity index (χ1v) is 6.44. The van der Waals surface area contributed by atoms with E-state index in [-0.39, 0.29) is 23.0 Å². The molecule has 0 aromatic carbocycles. The second-order valence-corrected chi connectivity index (χ2v) is 5.59. The second-order valence-electron chi connectivity index (χ2n) is 5.15. The summed E-state index contributed by atoms with van der Waals surface area (Å²) >= 11 is 4.98. The first-order valence-electron chi connectivity index (χ1n) is 6.03. The van der Waals surface area contributed by atoms with E-state index in [2.05, 4.69) is 6.92 Å². The molecule has 1 rings (SSSR count). The number of hydrogen-bond acceptors (Lipinski definition) is 3. The average Bonchev–Trinajstić information content (AvgIpc) is 2.27. The highest BCUT2D eigenvalue weighted by atomic mass is 32.1. The molecule has 98 valence electrons. The molecule has 2 atom stereocenters. The molecule has 0 saturated carbocycles. The topological polar surface area (TPSA) is 55.6 Å². The highest BCUT2D eigenvalue weighted by Gasteiger charge is 2.39. The molecule has 5 heteroatoms. The number of carbonyl (C=O) groups excluding carboxylic acids is 1. The molecule has 2 N–H and O–H groups in total. The smallest absolute Gasteiger partial charge is 0.235 e. The molecule has 0 radical (unpaired) electrons. The van der Waals surface area contributed by atoms with Gasteiger partial charge in [-0.1, -0.05) is 19.1 Å². The molecule has 0 aliphatic carbocycles. The summed E-state index contributed by atoms with van der Waals surface area (Å²) in [6, 6.07) is 0.132. The Morgan fingerprint density at radius 2 is 2.18 bits per heavy atom. The number of carbonyl (C=O) groups is 1. The fourth-order valence-electron chi connectivity index (χ4n) is 1.90. The summed E-state index contributed by atoms with van der Waals surface area (Å²) in [6.07, 6.45) is 0.954. The van der Waals surface area contributed by atoms with Crippen LogP contribution in [0.25, 0.3) is 0 Å². The molecule has 1 aliphatic rings. The third-order valence-corrected chi connectivity index (χ3v) is 3.86. The minimum absolute atomic E-state index is 0.00648. The van der Waals surface area contributed by atoms with Gasteiger partial charge in [0, 0.05) is 6.54 Å². The van der Waals surface area contributed by atoms with Crippen LogP contribution in [-0.4, -0.2) is 41.1 Å². The summed E-state index contributed by atoms with van der Waals surface area (Å²) in [7, 11) is 0. The lowest BCUT2D eigenvalue weighted by molar-refractivity contribution is -0.150. The zero-order chi connectivity index (χ0) is 13.2. The van der Waals surface area contributed by atoms with Crippen molar-refractivity contribution in [2.45, 2.75) is 46.3 Å². The van der Waals surface area contributed by atoms with E-state index in [4.69, 9.17) is 22.7 Å². The van der Waals surface area contributed by atoms with Crippen molar-refractivity contribution >= 4 is 23.1 Å². The number of nitrogens with two attached hydrogens (primary N) is 1. The minimum Gasteiger partial charge on any atom is -0.392 e. The van der Waals surface area contributed by atoms with Crippen LogP contribution in [0.4, 0.5) is 0 Å². The molecular formula is C12H22N2O2S. The van der Waals surface area contributed by atoms with Crippen LogP contribution >= 0.6 is 12.2 Å². The normalized spacial score (nSPS) is 25.8. The van der Waals surface area contributed by atoms with Crippen LogP contribution in [0.15, 0.2) is 0 Å². The molecular weight excluding hydrogens is 236 g/mol. The minimum atomic E-state index is -0.778. The summed E-state index contributed by atoms with van der Waals surface area (Å²) < 4.78 is 5.58. The molecule has 1 heterocycles. The first kappa shape index (κ1) is 14.4. The van der Waals surface area contributed by atoms with Crippen LogP contribution in [0.3, 0.4) is 0 Å². The number of amides is 1. The molecule has 1 fully saturated rings. The summed E-state index contributed by atoms with van der Waals surface area (Å²) in [6.45, 7) is 8.80. The molecule has 4 nitrogen and oxygen atoms in total. The van der Waals surface area contributed by atoms with E-state index < -0.39 is 5.41 Å². The molecule has 0 bridgehead atoms. The van der Waals surface area contributed by atoms with Crippen molar-refractivity contribution in [3.8, 4) is 0 Å². The van der Waals surface area contributed by atoms with Gasteiger partial charge in [-0.2, -0.15) is 0 Å². The van der Waals surface area contributed by atoms with Gasteiger partial charge >= 0.3 is 0 Å². The largest absolute Gasteiger partial charge is 0.392 e. The Morgan fingerprint density at radius 3 is 2.65 bits per heavy atom. The van der Waals surface area contributed by atoms with Crippen LogP contribution < -0.4 is 5.73 Å². The zero-order valence-corrected chi connectivity index (χ0v) is 11.8. The van der Waals surface area contributed by atoms with Gasteiger partial charge in [-0.25, -0.2) is 0 Å². The summed E-state index contributed by atoms with van der Waals surface area (Å²) in [4.78, 5) is 14.6. The quantitative estimate of drug-likeness (QED) is 0.776. The van der Waals surface area contributed by atoms with Gasteiger partial charge in [0.15, 0.2) is 0 Å². The zero-order valence-electron chi connectivity index (χ0n) is 11.0. The molecule has 1 aliphatic heterocycles. The standard InChI is InChI=1S/C12H22N2O2S/c1-5-9-7-16-8(2)6-14(9)11(15)12(3,4)10(13)17/h8-9H,5-7H2,1-4H3,(H2,13,17). The number of nitrogens with zero attached hydrogens (tertiary/aromatic N) is 1. The predicted molar refractivity (Wildman–Crippen MR) is 71.8 cm³/mol. The Labute approximate surface area is 108 Å².